The van der Waals surface area contributed by atoms with Crippen LogP contribution in [0.1, 0.15) is 5.56 Å². The number of thiocarbonyl (C=S) groups is 1. The van der Waals surface area contributed by atoms with E-state index in [1.165, 1.54) is 0 Å². The number of carbonyl (C=O) groups excluding carboxylic acids is 1. The first-order valence-electron chi connectivity index (χ1n) is 5.83. The van der Waals surface area contributed by atoms with Gasteiger partial charge in [-0.2, -0.15) is 0 Å². The zero-order valence-electron chi connectivity index (χ0n) is 11.1. The molecule has 9 heteroatoms. The average molecular weight is 467 g/mol. The number of hydrogen-bond acceptors (Lipinski definition) is 5. The van der Waals surface area contributed by atoms with E-state index in [-0.39, 0.29) is 4.32 Å². The summed E-state index contributed by atoms with van der Waals surface area (Å²) >= 11 is 12.9. The van der Waals surface area contributed by atoms with Gasteiger partial charge < -0.3 is 9.84 Å². The maximum atomic E-state index is 12.2. The van der Waals surface area contributed by atoms with Crippen molar-refractivity contribution < 1.29 is 19.4 Å². The molecule has 2 rings (SSSR count). The molecule has 0 aromatic heterocycles. The lowest BCUT2D eigenvalue weighted by atomic mass is 10.2. The number of thioether (sulfide) groups is 1. The van der Waals surface area contributed by atoms with Crippen LogP contribution in [0.4, 0.5) is 0 Å². The molecule has 0 saturated carbocycles. The number of rotatable bonds is 4. The first kappa shape index (κ1) is 17.5. The van der Waals surface area contributed by atoms with Crippen LogP contribution in [0.5, 0.6) is 5.75 Å². The number of benzene rings is 1. The van der Waals surface area contributed by atoms with Gasteiger partial charge in [-0.15, -0.1) is 0 Å². The van der Waals surface area contributed by atoms with Crippen LogP contribution in [-0.2, 0) is 9.59 Å². The van der Waals surface area contributed by atoms with Crippen molar-refractivity contribution in [2.24, 2.45) is 0 Å². The zero-order chi connectivity index (χ0) is 16.4. The van der Waals surface area contributed by atoms with E-state index in [0.29, 0.717) is 10.7 Å². The highest BCUT2D eigenvalue weighted by atomic mass is 79.9. The van der Waals surface area contributed by atoms with Crippen molar-refractivity contribution in [2.75, 3.05) is 13.7 Å². The standard InChI is InChI=1S/C13H9Br2NO4S2/c1-20-11-7(14)2-6(3-8(11)15)4-9-12(19)16(5-10(17)18)13(21)22-9/h2-4H,5H2,1H3,(H,17,18). The summed E-state index contributed by atoms with van der Waals surface area (Å²) in [4.78, 5) is 24.4. The Morgan fingerprint density at radius 3 is 2.55 bits per heavy atom. The molecule has 1 fully saturated rings. The van der Waals surface area contributed by atoms with Crippen LogP contribution in [-0.4, -0.2) is 39.9 Å². The molecule has 1 aliphatic heterocycles. The van der Waals surface area contributed by atoms with Crippen molar-refractivity contribution in [2.45, 2.75) is 0 Å². The molecule has 0 bridgehead atoms. The Bertz CT molecular complexity index is 682. The van der Waals surface area contributed by atoms with Crippen LogP contribution >= 0.6 is 55.8 Å². The van der Waals surface area contributed by atoms with Gasteiger partial charge in [0.2, 0.25) is 0 Å². The summed E-state index contributed by atoms with van der Waals surface area (Å²) < 4.78 is 6.93. The second kappa shape index (κ2) is 7.12. The van der Waals surface area contributed by atoms with Gasteiger partial charge in [-0.25, -0.2) is 0 Å². The predicted molar refractivity (Wildman–Crippen MR) is 95.9 cm³/mol. The molecule has 1 aliphatic rings. The largest absolute Gasteiger partial charge is 0.494 e. The molecule has 0 unspecified atom stereocenters. The van der Waals surface area contributed by atoms with E-state index in [1.807, 2.05) is 0 Å². The molecule has 5 nitrogen and oxygen atoms in total. The summed E-state index contributed by atoms with van der Waals surface area (Å²) in [5.74, 6) is -0.858. The van der Waals surface area contributed by atoms with Gasteiger partial charge in [-0.1, -0.05) is 24.0 Å². The van der Waals surface area contributed by atoms with Crippen LogP contribution in [0.25, 0.3) is 6.08 Å². The summed E-state index contributed by atoms with van der Waals surface area (Å²) in [6.45, 7) is -0.433. The molecule has 0 spiro atoms. The second-order valence-electron chi connectivity index (χ2n) is 4.18. The molecule has 1 saturated heterocycles. The average Bonchev–Trinajstić information content (AvgIpc) is 2.66. The van der Waals surface area contributed by atoms with Crippen molar-refractivity contribution in [3.05, 3.63) is 31.5 Å². The summed E-state index contributed by atoms with van der Waals surface area (Å²) in [6, 6.07) is 3.60. The monoisotopic (exact) mass is 465 g/mol. The maximum absolute atomic E-state index is 12.2. The topological polar surface area (TPSA) is 66.8 Å². The molecule has 22 heavy (non-hydrogen) atoms. The minimum absolute atomic E-state index is 0.241. The van der Waals surface area contributed by atoms with Crippen LogP contribution in [0.3, 0.4) is 0 Å². The normalized spacial score (nSPS) is 16.5. The van der Waals surface area contributed by atoms with Gasteiger partial charge in [-0.3, -0.25) is 14.5 Å². The molecule has 116 valence electrons. The summed E-state index contributed by atoms with van der Waals surface area (Å²) in [5.41, 5.74) is 0.760. The third-order valence-corrected chi connectivity index (χ3v) is 5.25. The van der Waals surface area contributed by atoms with Gasteiger partial charge in [0, 0.05) is 0 Å². The highest BCUT2D eigenvalue weighted by Gasteiger charge is 2.33. The molecule has 1 N–H and O–H groups in total. The highest BCUT2D eigenvalue weighted by Crippen LogP contribution is 2.37. The highest BCUT2D eigenvalue weighted by molar-refractivity contribution is 9.11. The fraction of sp³-hybridized carbons (Fsp3) is 0.154. The van der Waals surface area contributed by atoms with Gasteiger partial charge in [0.25, 0.3) is 5.91 Å². The number of amides is 1. The Morgan fingerprint density at radius 1 is 1.45 bits per heavy atom. The predicted octanol–water partition coefficient (Wildman–Crippen LogP) is 3.51. The van der Waals surface area contributed by atoms with E-state index < -0.39 is 18.4 Å². The van der Waals surface area contributed by atoms with Gasteiger partial charge in [0.05, 0.1) is 21.0 Å². The second-order valence-corrected chi connectivity index (χ2v) is 7.56. The maximum Gasteiger partial charge on any atom is 0.323 e. The van der Waals surface area contributed by atoms with E-state index in [9.17, 15) is 9.59 Å². The molecule has 0 aliphatic carbocycles. The van der Waals surface area contributed by atoms with E-state index in [4.69, 9.17) is 22.1 Å². The number of aliphatic carboxylic acids is 1. The first-order valence-corrected chi connectivity index (χ1v) is 8.64. The number of hydrogen-bond donors (Lipinski definition) is 1. The van der Waals surface area contributed by atoms with Gasteiger partial charge in [-0.05, 0) is 55.6 Å². The van der Waals surface area contributed by atoms with Crippen molar-refractivity contribution in [3.8, 4) is 5.75 Å². The quantitative estimate of drug-likeness (QED) is 0.541. The summed E-state index contributed by atoms with van der Waals surface area (Å²) in [7, 11) is 1.56. The number of carbonyl (C=O) groups is 2. The molecular formula is C13H9Br2NO4S2. The van der Waals surface area contributed by atoms with Crippen LogP contribution in [0.15, 0.2) is 26.0 Å². The Balaban J connectivity index is 2.33. The third-order valence-electron chi connectivity index (χ3n) is 2.69. The Hall–Kier alpha value is -0.900. The van der Waals surface area contributed by atoms with Crippen LogP contribution in [0.2, 0.25) is 0 Å². The molecule has 0 radical (unpaired) electrons. The van der Waals surface area contributed by atoms with Crippen molar-refractivity contribution in [1.82, 2.24) is 4.90 Å². The van der Waals surface area contributed by atoms with Crippen molar-refractivity contribution >= 4 is 78.1 Å². The number of carboxylic acids is 1. The van der Waals surface area contributed by atoms with Gasteiger partial charge >= 0.3 is 5.97 Å². The van der Waals surface area contributed by atoms with Crippen LogP contribution in [0, 0.1) is 0 Å². The minimum Gasteiger partial charge on any atom is -0.494 e. The van der Waals surface area contributed by atoms with Gasteiger partial charge in [0.1, 0.15) is 16.6 Å². The Kier molecular flexibility index (Phi) is 5.65. The number of nitrogens with zero attached hydrogens (tertiary/aromatic N) is 1. The van der Waals surface area contributed by atoms with Crippen molar-refractivity contribution in [1.29, 1.82) is 0 Å². The number of ether oxygens (including phenoxy) is 1. The SMILES string of the molecule is COc1c(Br)cc(C=C2SC(=S)N(CC(=O)O)C2=O)cc1Br. The molecular weight excluding hydrogens is 458 g/mol. The number of halogens is 2. The molecule has 1 heterocycles. The summed E-state index contributed by atoms with van der Waals surface area (Å²) in [6.07, 6.45) is 1.66. The van der Waals surface area contributed by atoms with Gasteiger partial charge in [0.15, 0.2) is 0 Å². The van der Waals surface area contributed by atoms with E-state index >= 15 is 0 Å². The fourth-order valence-corrected chi connectivity index (χ4v) is 4.58. The lowest BCUT2D eigenvalue weighted by Gasteiger charge is -2.10. The lowest BCUT2D eigenvalue weighted by molar-refractivity contribution is -0.140. The van der Waals surface area contributed by atoms with Crippen molar-refractivity contribution in [3.63, 3.8) is 0 Å². The first-order chi connectivity index (χ1) is 10.3. The third kappa shape index (κ3) is 3.70. The fourth-order valence-electron chi connectivity index (χ4n) is 1.78. The molecule has 1 amide bonds. The van der Waals surface area contributed by atoms with E-state index in [1.54, 1.807) is 25.3 Å². The molecule has 0 atom stereocenters. The minimum atomic E-state index is -1.10. The summed E-state index contributed by atoms with van der Waals surface area (Å²) in [5, 5.41) is 8.81. The van der Waals surface area contributed by atoms with E-state index in [2.05, 4.69) is 31.9 Å². The van der Waals surface area contributed by atoms with E-state index in [0.717, 1.165) is 31.2 Å². The molecule has 1 aromatic carbocycles. The Morgan fingerprint density at radius 2 is 2.05 bits per heavy atom. The van der Waals surface area contributed by atoms with Crippen LogP contribution < -0.4 is 4.74 Å². The zero-order valence-corrected chi connectivity index (χ0v) is 15.9. The number of methoxy groups -OCH3 is 1. The smallest absolute Gasteiger partial charge is 0.323 e. The Labute approximate surface area is 152 Å². The number of carboxylic acid groups (broad SMARTS) is 1. The lowest BCUT2D eigenvalue weighted by Crippen LogP contribution is -2.33. The molecule has 1 aromatic rings.